The van der Waals surface area contributed by atoms with E-state index in [2.05, 4.69) is 51.6 Å². The van der Waals surface area contributed by atoms with Gasteiger partial charge in [-0.1, -0.05) is 47.7 Å². The molecule has 0 N–H and O–H groups in total. The molecule has 4 rings (SSSR count). The molecule has 2 aliphatic heterocycles. The molecule has 7 heteroatoms. The average molecular weight is 381 g/mol. The molecular weight excluding hydrogens is 354 g/mol. The van der Waals surface area contributed by atoms with Gasteiger partial charge < -0.3 is 9.64 Å². The van der Waals surface area contributed by atoms with Gasteiger partial charge in [0, 0.05) is 32.7 Å². The molecule has 7 nitrogen and oxygen atoms in total. The van der Waals surface area contributed by atoms with Crippen molar-refractivity contribution in [2.24, 2.45) is 0 Å². The number of hydrogen-bond acceptors (Lipinski definition) is 5. The van der Waals surface area contributed by atoms with E-state index >= 15 is 0 Å². The molecule has 1 amide bonds. The lowest BCUT2D eigenvalue weighted by atomic mass is 10.1. The Hall–Kier alpha value is -2.51. The molecule has 2 aromatic rings. The summed E-state index contributed by atoms with van der Waals surface area (Å²) < 4.78 is 7.18. The Kier molecular flexibility index (Phi) is 6.14. The van der Waals surface area contributed by atoms with Crippen LogP contribution in [0.25, 0.3) is 6.08 Å². The van der Waals surface area contributed by atoms with Crippen molar-refractivity contribution < 1.29 is 9.53 Å². The predicted octanol–water partition coefficient (Wildman–Crippen LogP) is 2.10. The van der Waals surface area contributed by atoms with Crippen LogP contribution in [0.2, 0.25) is 0 Å². The van der Waals surface area contributed by atoms with E-state index in [0.29, 0.717) is 38.0 Å². The second-order valence-electron chi connectivity index (χ2n) is 7.33. The number of ether oxygens (including phenoxy) is 1. The van der Waals surface area contributed by atoms with E-state index in [1.54, 1.807) is 4.90 Å². The normalized spacial score (nSPS) is 19.4. The third kappa shape index (κ3) is 4.66. The summed E-state index contributed by atoms with van der Waals surface area (Å²) in [5, 5.41) is 8.36. The number of amides is 1. The zero-order valence-corrected chi connectivity index (χ0v) is 16.1. The molecule has 0 spiro atoms. The van der Waals surface area contributed by atoms with Crippen molar-refractivity contribution in [1.29, 1.82) is 0 Å². The summed E-state index contributed by atoms with van der Waals surface area (Å²) in [6.45, 7) is 5.45. The summed E-state index contributed by atoms with van der Waals surface area (Å²) in [5.74, 6) is -0.0435. The summed E-state index contributed by atoms with van der Waals surface area (Å²) in [6.07, 6.45) is 8.26. The molecular formula is C21H27N5O2. The van der Waals surface area contributed by atoms with Crippen LogP contribution in [0, 0.1) is 0 Å². The lowest BCUT2D eigenvalue weighted by Crippen LogP contribution is -2.40. The fraction of sp³-hybridized carbons (Fsp3) is 0.476. The lowest BCUT2D eigenvalue weighted by Gasteiger charge is -2.30. The minimum Gasteiger partial charge on any atom is -0.378 e. The molecule has 0 unspecified atom stereocenters. The van der Waals surface area contributed by atoms with Gasteiger partial charge in [0.1, 0.15) is 0 Å². The number of morpholine rings is 1. The summed E-state index contributed by atoms with van der Waals surface area (Å²) in [7, 11) is 0. The smallest absolute Gasteiger partial charge is 0.276 e. The summed E-state index contributed by atoms with van der Waals surface area (Å²) >= 11 is 0. The van der Waals surface area contributed by atoms with Crippen molar-refractivity contribution in [1.82, 2.24) is 24.8 Å². The first-order chi connectivity index (χ1) is 13.8. The Morgan fingerprint density at radius 1 is 1.11 bits per heavy atom. The molecule has 2 aliphatic rings. The maximum Gasteiger partial charge on any atom is 0.276 e. The molecule has 0 bridgehead atoms. The topological polar surface area (TPSA) is 63.5 Å². The minimum atomic E-state index is -0.0435. The van der Waals surface area contributed by atoms with Crippen LogP contribution >= 0.6 is 0 Å². The highest BCUT2D eigenvalue weighted by atomic mass is 16.5. The van der Waals surface area contributed by atoms with Crippen LogP contribution in [0.1, 0.15) is 34.9 Å². The number of aromatic nitrogens is 3. The first-order valence-corrected chi connectivity index (χ1v) is 10.0. The van der Waals surface area contributed by atoms with Crippen LogP contribution in [0.5, 0.6) is 0 Å². The molecule has 0 radical (unpaired) electrons. The van der Waals surface area contributed by atoms with E-state index in [1.807, 2.05) is 16.9 Å². The zero-order valence-electron chi connectivity index (χ0n) is 16.1. The third-order valence-corrected chi connectivity index (χ3v) is 5.43. The SMILES string of the molecule is O=C(c1cn(C2CCN(CC=Cc3ccccc3)CC2)nn1)N1CCOCC1. The van der Waals surface area contributed by atoms with Gasteiger partial charge in [0.2, 0.25) is 0 Å². The minimum absolute atomic E-state index is 0.0435. The van der Waals surface area contributed by atoms with E-state index in [0.717, 1.165) is 32.5 Å². The molecule has 3 heterocycles. The quantitative estimate of drug-likeness (QED) is 0.794. The zero-order chi connectivity index (χ0) is 19.2. The largest absolute Gasteiger partial charge is 0.378 e. The van der Waals surface area contributed by atoms with Gasteiger partial charge in [-0.2, -0.15) is 0 Å². The summed E-state index contributed by atoms with van der Waals surface area (Å²) in [4.78, 5) is 16.8. The summed E-state index contributed by atoms with van der Waals surface area (Å²) in [5.41, 5.74) is 1.67. The highest BCUT2D eigenvalue weighted by molar-refractivity contribution is 5.92. The molecule has 148 valence electrons. The Bertz CT molecular complexity index is 790. The molecule has 2 fully saturated rings. The average Bonchev–Trinajstić information content (AvgIpc) is 3.25. The van der Waals surface area contributed by atoms with Crippen LogP contribution in [0.15, 0.2) is 42.6 Å². The lowest BCUT2D eigenvalue weighted by molar-refractivity contribution is 0.0299. The third-order valence-electron chi connectivity index (χ3n) is 5.43. The number of carbonyl (C=O) groups is 1. The van der Waals surface area contributed by atoms with Crippen molar-refractivity contribution in [3.63, 3.8) is 0 Å². The van der Waals surface area contributed by atoms with Crippen LogP contribution in [0.4, 0.5) is 0 Å². The fourth-order valence-corrected chi connectivity index (χ4v) is 3.75. The Balaban J connectivity index is 1.26. The summed E-state index contributed by atoms with van der Waals surface area (Å²) in [6, 6.07) is 10.7. The molecule has 1 aromatic heterocycles. The van der Waals surface area contributed by atoms with Crippen molar-refractivity contribution in [3.05, 3.63) is 53.9 Å². The van der Waals surface area contributed by atoms with Crippen LogP contribution in [-0.4, -0.2) is 76.6 Å². The van der Waals surface area contributed by atoms with Gasteiger partial charge in [-0.25, -0.2) is 4.68 Å². The Morgan fingerprint density at radius 3 is 2.61 bits per heavy atom. The second kappa shape index (κ2) is 9.12. The van der Waals surface area contributed by atoms with E-state index in [9.17, 15) is 4.79 Å². The highest BCUT2D eigenvalue weighted by Crippen LogP contribution is 2.22. The molecule has 0 aliphatic carbocycles. The van der Waals surface area contributed by atoms with Gasteiger partial charge in [-0.15, -0.1) is 5.10 Å². The van der Waals surface area contributed by atoms with Gasteiger partial charge >= 0.3 is 0 Å². The fourth-order valence-electron chi connectivity index (χ4n) is 3.75. The Labute approximate surface area is 165 Å². The van der Waals surface area contributed by atoms with Crippen LogP contribution in [-0.2, 0) is 4.74 Å². The van der Waals surface area contributed by atoms with Crippen LogP contribution < -0.4 is 0 Å². The predicted molar refractivity (Wildman–Crippen MR) is 107 cm³/mol. The highest BCUT2D eigenvalue weighted by Gasteiger charge is 2.25. The van der Waals surface area contributed by atoms with Crippen LogP contribution in [0.3, 0.4) is 0 Å². The Morgan fingerprint density at radius 2 is 1.86 bits per heavy atom. The number of hydrogen-bond donors (Lipinski definition) is 0. The van der Waals surface area contributed by atoms with E-state index in [-0.39, 0.29) is 5.91 Å². The monoisotopic (exact) mass is 381 g/mol. The van der Waals surface area contributed by atoms with Crippen molar-refractivity contribution in [2.75, 3.05) is 45.9 Å². The van der Waals surface area contributed by atoms with Crippen molar-refractivity contribution in [3.8, 4) is 0 Å². The van der Waals surface area contributed by atoms with Gasteiger partial charge in [0.15, 0.2) is 5.69 Å². The standard InChI is InChI=1S/C21H27N5O2/c27-21(25-13-15-28-16-14-25)20-17-26(23-22-20)19-8-11-24(12-9-19)10-4-7-18-5-2-1-3-6-18/h1-7,17,19H,8-16H2. The maximum atomic E-state index is 12.5. The van der Waals surface area contributed by atoms with Gasteiger partial charge in [-0.3, -0.25) is 9.69 Å². The van der Waals surface area contributed by atoms with E-state index in [1.165, 1.54) is 5.56 Å². The maximum absolute atomic E-state index is 12.5. The van der Waals surface area contributed by atoms with Gasteiger partial charge in [-0.05, 0) is 18.4 Å². The number of nitrogens with zero attached hydrogens (tertiary/aromatic N) is 5. The van der Waals surface area contributed by atoms with Gasteiger partial charge in [0.25, 0.3) is 5.91 Å². The number of carbonyl (C=O) groups excluding carboxylic acids is 1. The molecule has 28 heavy (non-hydrogen) atoms. The second-order valence-corrected chi connectivity index (χ2v) is 7.33. The number of rotatable bonds is 5. The number of likely N-dealkylation sites (tertiary alicyclic amines) is 1. The van der Waals surface area contributed by atoms with E-state index in [4.69, 9.17) is 4.74 Å². The first-order valence-electron chi connectivity index (χ1n) is 10.0. The van der Waals surface area contributed by atoms with E-state index < -0.39 is 0 Å². The number of piperidine rings is 1. The van der Waals surface area contributed by atoms with Crippen molar-refractivity contribution >= 4 is 12.0 Å². The van der Waals surface area contributed by atoms with Gasteiger partial charge in [0.05, 0.1) is 25.5 Å². The molecule has 1 aromatic carbocycles. The first kappa shape index (κ1) is 18.8. The molecule has 0 saturated carbocycles. The molecule has 0 atom stereocenters. The van der Waals surface area contributed by atoms with Crippen molar-refractivity contribution in [2.45, 2.75) is 18.9 Å². The molecule has 2 saturated heterocycles. The number of benzene rings is 1.